The highest BCUT2D eigenvalue weighted by atomic mass is 32.2. The van der Waals surface area contributed by atoms with E-state index in [1.165, 1.54) is 25.1 Å². The molecule has 0 saturated heterocycles. The molecule has 4 nitrogen and oxygen atoms in total. The third-order valence-corrected chi connectivity index (χ3v) is 4.97. The molecule has 0 bridgehead atoms. The normalized spacial score (nSPS) is 14.5. The van der Waals surface area contributed by atoms with Crippen molar-refractivity contribution in [3.8, 4) is 0 Å². The van der Waals surface area contributed by atoms with Crippen LogP contribution in [0.25, 0.3) is 0 Å². The summed E-state index contributed by atoms with van der Waals surface area (Å²) in [7, 11) is -3.40. The van der Waals surface area contributed by atoms with Crippen LogP contribution in [-0.2, 0) is 9.84 Å². The molecule has 1 aromatic rings. The molecule has 1 unspecified atom stereocenters. The summed E-state index contributed by atoms with van der Waals surface area (Å²) in [5.74, 6) is -0.558. The summed E-state index contributed by atoms with van der Waals surface area (Å²) in [6.45, 7) is 3.21. The SMILES string of the molecule is CCC(/C(=N/O)c1cccc(F)c1)S(=O)(=O)CC. The lowest BCUT2D eigenvalue weighted by Crippen LogP contribution is -2.32. The van der Waals surface area contributed by atoms with Crippen molar-refractivity contribution < 1.29 is 18.0 Å². The van der Waals surface area contributed by atoms with Gasteiger partial charge in [0.15, 0.2) is 9.84 Å². The Morgan fingerprint density at radius 2 is 2.11 bits per heavy atom. The number of hydrogen-bond donors (Lipinski definition) is 1. The highest BCUT2D eigenvalue weighted by Crippen LogP contribution is 2.16. The third-order valence-electron chi connectivity index (χ3n) is 2.74. The second-order valence-corrected chi connectivity index (χ2v) is 6.32. The molecule has 0 amide bonds. The molecule has 0 saturated carbocycles. The van der Waals surface area contributed by atoms with Gasteiger partial charge in [-0.15, -0.1) is 0 Å². The fourth-order valence-corrected chi connectivity index (χ4v) is 3.21. The molecule has 1 atom stereocenters. The van der Waals surface area contributed by atoms with E-state index >= 15 is 0 Å². The number of halogens is 1. The van der Waals surface area contributed by atoms with Gasteiger partial charge in [0.1, 0.15) is 16.8 Å². The van der Waals surface area contributed by atoms with Crippen molar-refractivity contribution in [3.63, 3.8) is 0 Å². The summed E-state index contributed by atoms with van der Waals surface area (Å²) in [4.78, 5) is 0. The number of hydrogen-bond acceptors (Lipinski definition) is 4. The largest absolute Gasteiger partial charge is 0.411 e. The lowest BCUT2D eigenvalue weighted by molar-refractivity contribution is 0.318. The molecule has 1 aromatic carbocycles. The monoisotopic (exact) mass is 273 g/mol. The fraction of sp³-hybridized carbons (Fsp3) is 0.417. The van der Waals surface area contributed by atoms with Gasteiger partial charge in [-0.25, -0.2) is 12.8 Å². The second-order valence-electron chi connectivity index (χ2n) is 3.84. The van der Waals surface area contributed by atoms with E-state index in [0.29, 0.717) is 0 Å². The Labute approximate surface area is 106 Å². The predicted octanol–water partition coefficient (Wildman–Crippen LogP) is 2.22. The number of benzene rings is 1. The maximum Gasteiger partial charge on any atom is 0.158 e. The van der Waals surface area contributed by atoms with Crippen molar-refractivity contribution in [3.05, 3.63) is 35.6 Å². The van der Waals surface area contributed by atoms with Gasteiger partial charge >= 0.3 is 0 Å². The van der Waals surface area contributed by atoms with E-state index in [-0.39, 0.29) is 23.4 Å². The van der Waals surface area contributed by atoms with E-state index in [9.17, 15) is 12.8 Å². The first-order valence-corrected chi connectivity index (χ1v) is 7.37. The maximum absolute atomic E-state index is 13.1. The number of nitrogens with zero attached hydrogens (tertiary/aromatic N) is 1. The number of rotatable bonds is 5. The van der Waals surface area contributed by atoms with Crippen LogP contribution < -0.4 is 0 Å². The molecule has 1 rings (SSSR count). The molecule has 0 aromatic heterocycles. The first kappa shape index (κ1) is 14.6. The number of sulfone groups is 1. The second kappa shape index (κ2) is 5.95. The van der Waals surface area contributed by atoms with Gasteiger partial charge in [0, 0.05) is 11.3 Å². The predicted molar refractivity (Wildman–Crippen MR) is 68.3 cm³/mol. The lowest BCUT2D eigenvalue weighted by Gasteiger charge is -2.16. The lowest BCUT2D eigenvalue weighted by atomic mass is 10.1. The molecule has 0 fully saturated rings. The van der Waals surface area contributed by atoms with E-state index in [1.54, 1.807) is 6.92 Å². The summed E-state index contributed by atoms with van der Waals surface area (Å²) in [5.41, 5.74) is 0.264. The molecule has 1 N–H and O–H groups in total. The van der Waals surface area contributed by atoms with Crippen molar-refractivity contribution >= 4 is 15.5 Å². The van der Waals surface area contributed by atoms with Gasteiger partial charge in [-0.2, -0.15) is 0 Å². The average molecular weight is 273 g/mol. The number of oxime groups is 1. The van der Waals surface area contributed by atoms with E-state index < -0.39 is 20.9 Å². The first-order valence-electron chi connectivity index (χ1n) is 5.65. The van der Waals surface area contributed by atoms with Crippen LogP contribution in [0.3, 0.4) is 0 Å². The topological polar surface area (TPSA) is 66.7 Å². The molecule has 100 valence electrons. The summed E-state index contributed by atoms with van der Waals surface area (Å²) >= 11 is 0. The molecule has 0 heterocycles. The maximum atomic E-state index is 13.1. The van der Waals surface area contributed by atoms with Gasteiger partial charge in [-0.1, -0.05) is 31.1 Å². The Bertz CT molecular complexity index is 540. The van der Waals surface area contributed by atoms with Crippen LogP contribution in [0.5, 0.6) is 0 Å². The highest BCUT2D eigenvalue weighted by Gasteiger charge is 2.29. The molecule has 0 aliphatic heterocycles. The molecule has 0 aliphatic rings. The van der Waals surface area contributed by atoms with Crippen LogP contribution in [-0.4, -0.2) is 30.3 Å². The fourth-order valence-electron chi connectivity index (χ4n) is 1.77. The zero-order chi connectivity index (χ0) is 13.8. The van der Waals surface area contributed by atoms with Crippen LogP contribution in [0.4, 0.5) is 4.39 Å². The van der Waals surface area contributed by atoms with Crippen LogP contribution in [0.1, 0.15) is 25.8 Å². The van der Waals surface area contributed by atoms with Crippen molar-refractivity contribution in [1.29, 1.82) is 0 Å². The smallest absolute Gasteiger partial charge is 0.158 e. The van der Waals surface area contributed by atoms with Crippen molar-refractivity contribution in [2.45, 2.75) is 25.5 Å². The van der Waals surface area contributed by atoms with Gasteiger partial charge < -0.3 is 5.21 Å². The molecule has 6 heteroatoms. The summed E-state index contributed by atoms with van der Waals surface area (Å²) in [5, 5.41) is 11.2. The minimum absolute atomic E-state index is 0.0150. The van der Waals surface area contributed by atoms with Crippen molar-refractivity contribution in [2.24, 2.45) is 5.16 Å². The van der Waals surface area contributed by atoms with Gasteiger partial charge in [-0.3, -0.25) is 0 Å². The third kappa shape index (κ3) is 3.07. The highest BCUT2D eigenvalue weighted by molar-refractivity contribution is 7.92. The molecular formula is C12H16FNO3S. The zero-order valence-corrected chi connectivity index (χ0v) is 11.1. The van der Waals surface area contributed by atoms with E-state index in [4.69, 9.17) is 5.21 Å². The Morgan fingerprint density at radius 3 is 2.56 bits per heavy atom. The molecule has 0 spiro atoms. The van der Waals surface area contributed by atoms with Crippen LogP contribution in [0.15, 0.2) is 29.4 Å². The first-order chi connectivity index (χ1) is 8.46. The molecular weight excluding hydrogens is 257 g/mol. The van der Waals surface area contributed by atoms with Gasteiger partial charge in [0.25, 0.3) is 0 Å². The molecule has 0 aliphatic carbocycles. The van der Waals surface area contributed by atoms with E-state index in [1.807, 2.05) is 0 Å². The Hall–Kier alpha value is -1.43. The van der Waals surface area contributed by atoms with Crippen molar-refractivity contribution in [2.75, 3.05) is 5.75 Å². The Morgan fingerprint density at radius 1 is 1.44 bits per heavy atom. The van der Waals surface area contributed by atoms with Crippen molar-refractivity contribution in [1.82, 2.24) is 0 Å². The standard InChI is InChI=1S/C12H16FNO3S/c1-3-11(18(16,17)4-2)12(14-15)9-6-5-7-10(13)8-9/h5-8,11,15H,3-4H2,1-2H3/b14-12+. The van der Waals surface area contributed by atoms with Gasteiger partial charge in [0.2, 0.25) is 0 Å². The molecule has 0 radical (unpaired) electrons. The van der Waals surface area contributed by atoms with E-state index in [0.717, 1.165) is 6.07 Å². The zero-order valence-electron chi connectivity index (χ0n) is 10.3. The Balaban J connectivity index is 3.26. The molecule has 18 heavy (non-hydrogen) atoms. The minimum atomic E-state index is -3.40. The van der Waals surface area contributed by atoms with Crippen LogP contribution in [0, 0.1) is 5.82 Å². The van der Waals surface area contributed by atoms with E-state index in [2.05, 4.69) is 5.16 Å². The van der Waals surface area contributed by atoms with Crippen LogP contribution in [0.2, 0.25) is 0 Å². The van der Waals surface area contributed by atoms with Gasteiger partial charge in [-0.05, 0) is 18.6 Å². The van der Waals surface area contributed by atoms with Gasteiger partial charge in [0.05, 0.1) is 0 Å². The van der Waals surface area contributed by atoms with Crippen LogP contribution >= 0.6 is 0 Å². The average Bonchev–Trinajstić information content (AvgIpc) is 2.35. The summed E-state index contributed by atoms with van der Waals surface area (Å²) in [6, 6.07) is 5.36. The quantitative estimate of drug-likeness (QED) is 0.508. The minimum Gasteiger partial charge on any atom is -0.411 e. The summed E-state index contributed by atoms with van der Waals surface area (Å²) in [6.07, 6.45) is 0.270. The summed E-state index contributed by atoms with van der Waals surface area (Å²) < 4.78 is 36.9. The Kier molecular flexibility index (Phi) is 4.84.